The van der Waals surface area contributed by atoms with E-state index in [1.54, 1.807) is 49.4 Å². The monoisotopic (exact) mass is 561 g/mol. The van der Waals surface area contributed by atoms with Gasteiger partial charge in [0.2, 0.25) is 21.8 Å². The Morgan fingerprint density at radius 3 is 2.24 bits per heavy atom. The molecule has 37 heavy (non-hydrogen) atoms. The molecule has 3 rings (SSSR count). The number of nitrogens with zero attached hydrogens (tertiary/aromatic N) is 2. The number of anilines is 1. The maximum atomic E-state index is 13.9. The van der Waals surface area contributed by atoms with Gasteiger partial charge in [0.1, 0.15) is 12.6 Å². The summed E-state index contributed by atoms with van der Waals surface area (Å²) in [6.45, 7) is 1.66. The van der Waals surface area contributed by atoms with Gasteiger partial charge in [-0.1, -0.05) is 77.8 Å². The largest absolute Gasteiger partial charge is 0.355 e. The molecule has 196 valence electrons. The lowest BCUT2D eigenvalue weighted by Crippen LogP contribution is -2.53. The standard InChI is InChI=1S/C27H29Cl2N3O4S/c1-3-30-27(34)25(16-20-10-5-4-6-11-20)31(18-21-12-7-8-15-24(21)29)26(33)19-32(37(2,35)36)23-14-9-13-22(28)17-23/h4-15,17,25H,3,16,18-19H2,1-2H3,(H,30,34)/t25-/m1/s1. The van der Waals surface area contributed by atoms with E-state index in [-0.39, 0.29) is 24.6 Å². The molecule has 0 unspecified atom stereocenters. The molecule has 0 aliphatic carbocycles. The summed E-state index contributed by atoms with van der Waals surface area (Å²) in [5.41, 5.74) is 1.73. The smallest absolute Gasteiger partial charge is 0.244 e. The van der Waals surface area contributed by atoms with Gasteiger partial charge in [-0.15, -0.1) is 0 Å². The number of rotatable bonds is 11. The molecule has 0 aromatic heterocycles. The van der Waals surface area contributed by atoms with Crippen molar-refractivity contribution in [3.8, 4) is 0 Å². The van der Waals surface area contributed by atoms with Crippen LogP contribution in [-0.2, 0) is 32.6 Å². The summed E-state index contributed by atoms with van der Waals surface area (Å²) >= 11 is 12.5. The molecule has 1 N–H and O–H groups in total. The zero-order chi connectivity index (χ0) is 27.0. The number of nitrogens with one attached hydrogen (secondary N) is 1. The summed E-state index contributed by atoms with van der Waals surface area (Å²) in [5, 5.41) is 3.57. The summed E-state index contributed by atoms with van der Waals surface area (Å²) in [7, 11) is -3.86. The maximum absolute atomic E-state index is 13.9. The van der Waals surface area contributed by atoms with Gasteiger partial charge in [-0.2, -0.15) is 0 Å². The average Bonchev–Trinajstić information content (AvgIpc) is 2.85. The first kappa shape index (κ1) is 28.5. The van der Waals surface area contributed by atoms with Crippen LogP contribution in [0.5, 0.6) is 0 Å². The third kappa shape index (κ3) is 7.95. The van der Waals surface area contributed by atoms with Crippen molar-refractivity contribution in [1.29, 1.82) is 0 Å². The summed E-state index contributed by atoms with van der Waals surface area (Å²) in [4.78, 5) is 28.5. The fourth-order valence-corrected chi connectivity index (χ4v) is 5.12. The molecule has 7 nitrogen and oxygen atoms in total. The van der Waals surface area contributed by atoms with E-state index >= 15 is 0 Å². The van der Waals surface area contributed by atoms with E-state index in [9.17, 15) is 18.0 Å². The highest BCUT2D eigenvalue weighted by atomic mass is 35.5. The Bertz CT molecular complexity index is 1340. The zero-order valence-corrected chi connectivity index (χ0v) is 22.9. The van der Waals surface area contributed by atoms with Gasteiger partial charge in [-0.3, -0.25) is 13.9 Å². The van der Waals surface area contributed by atoms with E-state index in [0.717, 1.165) is 16.1 Å². The minimum Gasteiger partial charge on any atom is -0.355 e. The molecule has 1 atom stereocenters. The van der Waals surface area contributed by atoms with Crippen LogP contribution in [0.3, 0.4) is 0 Å². The van der Waals surface area contributed by atoms with E-state index in [1.807, 2.05) is 30.3 Å². The summed E-state index contributed by atoms with van der Waals surface area (Å²) < 4.78 is 26.4. The Kier molecular flexibility index (Phi) is 9.97. The normalized spacial score (nSPS) is 12.0. The van der Waals surface area contributed by atoms with Gasteiger partial charge in [-0.25, -0.2) is 8.42 Å². The lowest BCUT2D eigenvalue weighted by Gasteiger charge is -2.33. The van der Waals surface area contributed by atoms with Crippen LogP contribution in [0.1, 0.15) is 18.1 Å². The maximum Gasteiger partial charge on any atom is 0.244 e. The second-order valence-electron chi connectivity index (χ2n) is 8.46. The second-order valence-corrected chi connectivity index (χ2v) is 11.2. The Hall–Kier alpha value is -3.07. The van der Waals surface area contributed by atoms with Gasteiger partial charge >= 0.3 is 0 Å². The van der Waals surface area contributed by atoms with Crippen LogP contribution >= 0.6 is 23.2 Å². The molecule has 0 aliphatic rings. The third-order valence-corrected chi connectivity index (χ3v) is 7.44. The Balaban J connectivity index is 2.05. The molecule has 0 heterocycles. The highest BCUT2D eigenvalue weighted by Crippen LogP contribution is 2.24. The minimum absolute atomic E-state index is 0.0142. The first-order chi connectivity index (χ1) is 17.6. The van der Waals surface area contributed by atoms with Gasteiger partial charge < -0.3 is 10.2 Å². The van der Waals surface area contributed by atoms with Crippen molar-refractivity contribution in [1.82, 2.24) is 10.2 Å². The molecule has 3 aromatic carbocycles. The number of amides is 2. The first-order valence-electron chi connectivity index (χ1n) is 11.7. The Labute approximate surface area is 228 Å². The van der Waals surface area contributed by atoms with Gasteiger partial charge in [0.25, 0.3) is 0 Å². The van der Waals surface area contributed by atoms with Crippen LogP contribution < -0.4 is 9.62 Å². The highest BCUT2D eigenvalue weighted by molar-refractivity contribution is 7.92. The van der Waals surface area contributed by atoms with E-state index in [1.165, 1.54) is 11.0 Å². The summed E-state index contributed by atoms with van der Waals surface area (Å²) in [5.74, 6) is -0.905. The first-order valence-corrected chi connectivity index (χ1v) is 14.3. The number of hydrogen-bond donors (Lipinski definition) is 1. The van der Waals surface area contributed by atoms with Crippen molar-refractivity contribution in [2.24, 2.45) is 0 Å². The van der Waals surface area contributed by atoms with Crippen molar-refractivity contribution in [2.75, 3.05) is 23.7 Å². The lowest BCUT2D eigenvalue weighted by atomic mass is 10.0. The molecule has 2 amide bonds. The van der Waals surface area contributed by atoms with Crippen LogP contribution in [0.25, 0.3) is 0 Å². The average molecular weight is 563 g/mol. The topological polar surface area (TPSA) is 86.8 Å². The number of likely N-dealkylation sites (N-methyl/N-ethyl adjacent to an activating group) is 1. The molecular formula is C27H29Cl2N3O4S. The number of halogens is 2. The van der Waals surface area contributed by atoms with E-state index < -0.39 is 28.5 Å². The predicted molar refractivity (Wildman–Crippen MR) is 148 cm³/mol. The molecule has 0 bridgehead atoms. The molecule has 0 saturated heterocycles. The van der Waals surface area contributed by atoms with Gasteiger partial charge in [-0.05, 0) is 42.3 Å². The van der Waals surface area contributed by atoms with Crippen molar-refractivity contribution in [3.05, 3.63) is 100 Å². The third-order valence-electron chi connectivity index (χ3n) is 5.70. The van der Waals surface area contributed by atoms with Crippen molar-refractivity contribution in [2.45, 2.75) is 25.9 Å². The molecule has 10 heteroatoms. The van der Waals surface area contributed by atoms with E-state index in [2.05, 4.69) is 5.32 Å². The highest BCUT2D eigenvalue weighted by Gasteiger charge is 2.33. The Morgan fingerprint density at radius 1 is 0.946 bits per heavy atom. The number of sulfonamides is 1. The molecule has 0 fully saturated rings. The SMILES string of the molecule is CCNC(=O)[C@@H](Cc1ccccc1)N(Cc1ccccc1Cl)C(=O)CN(c1cccc(Cl)c1)S(C)(=O)=O. The fraction of sp³-hybridized carbons (Fsp3) is 0.259. The molecular weight excluding hydrogens is 533 g/mol. The summed E-state index contributed by atoms with van der Waals surface area (Å²) in [6.07, 6.45) is 1.25. The zero-order valence-electron chi connectivity index (χ0n) is 20.6. The second kappa shape index (κ2) is 12.9. The quantitative estimate of drug-likeness (QED) is 0.372. The predicted octanol–water partition coefficient (Wildman–Crippen LogP) is 4.54. The fourth-order valence-electron chi connectivity index (χ4n) is 3.90. The minimum atomic E-state index is -3.86. The van der Waals surface area contributed by atoms with Crippen molar-refractivity contribution < 1.29 is 18.0 Å². The molecule has 0 radical (unpaired) electrons. The van der Waals surface area contributed by atoms with Crippen LogP contribution in [-0.4, -0.2) is 50.5 Å². The van der Waals surface area contributed by atoms with E-state index in [4.69, 9.17) is 23.2 Å². The number of carbonyl (C=O) groups is 2. The molecule has 0 spiro atoms. The number of hydrogen-bond acceptors (Lipinski definition) is 4. The molecule has 0 aliphatic heterocycles. The number of benzene rings is 3. The Morgan fingerprint density at radius 2 is 1.62 bits per heavy atom. The van der Waals surface area contributed by atoms with Crippen molar-refractivity contribution >= 4 is 50.7 Å². The van der Waals surface area contributed by atoms with Crippen LogP contribution in [0, 0.1) is 0 Å². The molecule has 3 aromatic rings. The van der Waals surface area contributed by atoms with Crippen LogP contribution in [0.2, 0.25) is 10.0 Å². The molecule has 0 saturated carbocycles. The number of carbonyl (C=O) groups excluding carboxylic acids is 2. The van der Waals surface area contributed by atoms with Gasteiger partial charge in [0.05, 0.1) is 11.9 Å². The van der Waals surface area contributed by atoms with Gasteiger partial charge in [0.15, 0.2) is 0 Å². The van der Waals surface area contributed by atoms with Gasteiger partial charge in [0, 0.05) is 29.6 Å². The lowest BCUT2D eigenvalue weighted by molar-refractivity contribution is -0.140. The van der Waals surface area contributed by atoms with Crippen LogP contribution in [0.15, 0.2) is 78.9 Å². The van der Waals surface area contributed by atoms with E-state index in [0.29, 0.717) is 22.2 Å². The van der Waals surface area contributed by atoms with Crippen LogP contribution in [0.4, 0.5) is 5.69 Å². The summed E-state index contributed by atoms with van der Waals surface area (Å²) in [6, 6.07) is 21.7. The van der Waals surface area contributed by atoms with Crippen molar-refractivity contribution in [3.63, 3.8) is 0 Å².